The Balaban J connectivity index is 1.81. The van der Waals surface area contributed by atoms with Crippen LogP contribution in [0.2, 0.25) is 0 Å². The lowest BCUT2D eigenvalue weighted by atomic mass is 9.95. The van der Waals surface area contributed by atoms with E-state index in [1.165, 1.54) is 32.1 Å². The van der Waals surface area contributed by atoms with E-state index in [0.29, 0.717) is 12.6 Å². The molecule has 1 unspecified atom stereocenters. The quantitative estimate of drug-likeness (QED) is 0.650. The van der Waals surface area contributed by atoms with Crippen LogP contribution in [-0.4, -0.2) is 23.3 Å². The lowest BCUT2D eigenvalue weighted by molar-refractivity contribution is 0.158. The van der Waals surface area contributed by atoms with Crippen molar-refractivity contribution in [1.29, 1.82) is 0 Å². The van der Waals surface area contributed by atoms with Crippen LogP contribution in [0, 0.1) is 5.92 Å². The lowest BCUT2D eigenvalue weighted by Crippen LogP contribution is -2.47. The third-order valence-corrected chi connectivity index (χ3v) is 2.92. The maximum Gasteiger partial charge on any atom is 0.0610 e. The van der Waals surface area contributed by atoms with Gasteiger partial charge in [0, 0.05) is 11.6 Å². The Morgan fingerprint density at radius 2 is 2.00 bits per heavy atom. The van der Waals surface area contributed by atoms with Gasteiger partial charge in [-0.05, 0) is 32.1 Å². The van der Waals surface area contributed by atoms with E-state index in [0.717, 1.165) is 5.92 Å². The fourth-order valence-electron chi connectivity index (χ4n) is 1.85. The first-order valence-corrected chi connectivity index (χ1v) is 5.10. The van der Waals surface area contributed by atoms with Gasteiger partial charge in [-0.3, -0.25) is 0 Å². The lowest BCUT2D eigenvalue weighted by Gasteiger charge is -2.29. The Morgan fingerprint density at radius 3 is 2.42 bits per heavy atom. The van der Waals surface area contributed by atoms with Gasteiger partial charge in [-0.1, -0.05) is 12.8 Å². The molecule has 2 aliphatic rings. The van der Waals surface area contributed by atoms with E-state index in [1.54, 1.807) is 0 Å². The molecule has 0 aromatic rings. The van der Waals surface area contributed by atoms with E-state index in [4.69, 9.17) is 0 Å². The molecule has 2 fully saturated rings. The van der Waals surface area contributed by atoms with E-state index in [2.05, 4.69) is 12.2 Å². The van der Waals surface area contributed by atoms with Gasteiger partial charge in [-0.2, -0.15) is 0 Å². The summed E-state index contributed by atoms with van der Waals surface area (Å²) in [5.41, 5.74) is 0.0162. The Morgan fingerprint density at radius 1 is 1.33 bits per heavy atom. The van der Waals surface area contributed by atoms with Crippen LogP contribution in [0.4, 0.5) is 0 Å². The molecule has 0 bridgehead atoms. The number of aliphatic hydroxyl groups excluding tert-OH is 1. The van der Waals surface area contributed by atoms with Gasteiger partial charge in [0.2, 0.25) is 0 Å². The summed E-state index contributed by atoms with van der Waals surface area (Å²) >= 11 is 0. The standard InChI is InChI=1S/C10H19NO/c1-10(7-12,6-8-2-3-8)11-9-4-5-9/h8-9,11-12H,2-7H2,1H3. The molecule has 70 valence electrons. The van der Waals surface area contributed by atoms with Gasteiger partial charge in [-0.25, -0.2) is 0 Å². The average molecular weight is 169 g/mol. The second kappa shape index (κ2) is 3.00. The van der Waals surface area contributed by atoms with Crippen LogP contribution in [0.25, 0.3) is 0 Å². The average Bonchev–Trinajstić information content (AvgIpc) is 2.85. The van der Waals surface area contributed by atoms with Gasteiger partial charge in [0.1, 0.15) is 0 Å². The minimum absolute atomic E-state index is 0.0162. The monoisotopic (exact) mass is 169 g/mol. The van der Waals surface area contributed by atoms with Crippen molar-refractivity contribution in [2.45, 2.75) is 50.6 Å². The maximum absolute atomic E-state index is 9.28. The van der Waals surface area contributed by atoms with Gasteiger partial charge in [0.15, 0.2) is 0 Å². The molecule has 0 amide bonds. The highest BCUT2D eigenvalue weighted by Crippen LogP contribution is 2.37. The molecular formula is C10H19NO. The molecule has 0 heterocycles. The zero-order chi connectivity index (χ0) is 8.60. The molecule has 1 atom stereocenters. The number of nitrogens with one attached hydrogen (secondary N) is 1. The SMILES string of the molecule is CC(CO)(CC1CC1)NC1CC1. The Labute approximate surface area is 74.4 Å². The highest BCUT2D eigenvalue weighted by molar-refractivity contribution is 4.95. The third kappa shape index (κ3) is 2.20. The highest BCUT2D eigenvalue weighted by atomic mass is 16.3. The molecule has 0 aromatic heterocycles. The normalized spacial score (nSPS) is 28.5. The first kappa shape index (κ1) is 8.52. The maximum atomic E-state index is 9.28. The van der Waals surface area contributed by atoms with E-state index >= 15 is 0 Å². The minimum Gasteiger partial charge on any atom is -0.394 e. The molecule has 0 aromatic carbocycles. The topological polar surface area (TPSA) is 32.3 Å². The van der Waals surface area contributed by atoms with Crippen LogP contribution in [-0.2, 0) is 0 Å². The predicted molar refractivity (Wildman–Crippen MR) is 49.0 cm³/mol. The van der Waals surface area contributed by atoms with Crippen molar-refractivity contribution in [3.63, 3.8) is 0 Å². The van der Waals surface area contributed by atoms with Crippen LogP contribution in [0.5, 0.6) is 0 Å². The number of aliphatic hydroxyl groups is 1. The molecule has 2 heteroatoms. The first-order valence-electron chi connectivity index (χ1n) is 5.10. The van der Waals surface area contributed by atoms with E-state index in [-0.39, 0.29) is 5.54 Å². The summed E-state index contributed by atoms with van der Waals surface area (Å²) in [4.78, 5) is 0. The van der Waals surface area contributed by atoms with Crippen LogP contribution >= 0.6 is 0 Å². The van der Waals surface area contributed by atoms with Gasteiger partial charge in [0.25, 0.3) is 0 Å². The largest absolute Gasteiger partial charge is 0.394 e. The molecule has 12 heavy (non-hydrogen) atoms. The van der Waals surface area contributed by atoms with Crippen molar-refractivity contribution in [3.05, 3.63) is 0 Å². The van der Waals surface area contributed by atoms with Crippen LogP contribution in [0.3, 0.4) is 0 Å². The summed E-state index contributed by atoms with van der Waals surface area (Å²) in [6.45, 7) is 2.45. The number of hydrogen-bond donors (Lipinski definition) is 2. The van der Waals surface area contributed by atoms with Gasteiger partial charge in [-0.15, -0.1) is 0 Å². The fourth-order valence-corrected chi connectivity index (χ4v) is 1.85. The molecule has 2 N–H and O–H groups in total. The molecule has 2 nitrogen and oxygen atoms in total. The summed E-state index contributed by atoms with van der Waals surface area (Å²) in [5.74, 6) is 0.897. The molecule has 2 saturated carbocycles. The number of rotatable bonds is 5. The summed E-state index contributed by atoms with van der Waals surface area (Å²) < 4.78 is 0. The summed E-state index contributed by atoms with van der Waals surface area (Å²) in [6.07, 6.45) is 6.53. The van der Waals surface area contributed by atoms with Crippen LogP contribution in [0.1, 0.15) is 39.0 Å². The third-order valence-electron chi connectivity index (χ3n) is 2.92. The Bertz CT molecular complexity index is 147. The zero-order valence-electron chi connectivity index (χ0n) is 7.84. The van der Waals surface area contributed by atoms with Crippen molar-refractivity contribution in [1.82, 2.24) is 5.32 Å². The summed E-state index contributed by atoms with van der Waals surface area (Å²) in [6, 6.07) is 0.709. The second-order valence-corrected chi connectivity index (χ2v) is 4.78. The first-order chi connectivity index (χ1) is 5.72. The molecule has 2 aliphatic carbocycles. The van der Waals surface area contributed by atoms with E-state index < -0.39 is 0 Å². The van der Waals surface area contributed by atoms with Gasteiger partial charge in [0.05, 0.1) is 6.61 Å². The van der Waals surface area contributed by atoms with E-state index in [1.807, 2.05) is 0 Å². The van der Waals surface area contributed by atoms with Crippen molar-refractivity contribution >= 4 is 0 Å². The predicted octanol–water partition coefficient (Wildman–Crippen LogP) is 1.29. The summed E-state index contributed by atoms with van der Waals surface area (Å²) in [7, 11) is 0. The van der Waals surface area contributed by atoms with Crippen molar-refractivity contribution in [3.8, 4) is 0 Å². The van der Waals surface area contributed by atoms with Crippen molar-refractivity contribution < 1.29 is 5.11 Å². The van der Waals surface area contributed by atoms with Crippen molar-refractivity contribution in [2.24, 2.45) is 5.92 Å². The van der Waals surface area contributed by atoms with E-state index in [9.17, 15) is 5.11 Å². The van der Waals surface area contributed by atoms with Gasteiger partial charge < -0.3 is 10.4 Å². The van der Waals surface area contributed by atoms with Gasteiger partial charge >= 0.3 is 0 Å². The van der Waals surface area contributed by atoms with Crippen LogP contribution < -0.4 is 5.32 Å². The minimum atomic E-state index is 0.0162. The molecule has 0 radical (unpaired) electrons. The smallest absolute Gasteiger partial charge is 0.0610 e. The molecular weight excluding hydrogens is 150 g/mol. The Hall–Kier alpha value is -0.0800. The number of hydrogen-bond acceptors (Lipinski definition) is 2. The van der Waals surface area contributed by atoms with Crippen LogP contribution in [0.15, 0.2) is 0 Å². The van der Waals surface area contributed by atoms with Crippen molar-refractivity contribution in [2.75, 3.05) is 6.61 Å². The molecule has 2 rings (SSSR count). The molecule has 0 aliphatic heterocycles. The Kier molecular flexibility index (Phi) is 2.13. The molecule has 0 spiro atoms. The highest BCUT2D eigenvalue weighted by Gasteiger charge is 2.36. The zero-order valence-corrected chi connectivity index (χ0v) is 7.84. The summed E-state index contributed by atoms with van der Waals surface area (Å²) in [5, 5.41) is 12.8. The fraction of sp³-hybridized carbons (Fsp3) is 1.00. The molecule has 0 saturated heterocycles. The second-order valence-electron chi connectivity index (χ2n) is 4.78.